The van der Waals surface area contributed by atoms with Crippen LogP contribution >= 0.6 is 0 Å². The molecule has 1 aliphatic heterocycles. The van der Waals surface area contributed by atoms with Crippen LogP contribution in [0.2, 0.25) is 0 Å². The predicted molar refractivity (Wildman–Crippen MR) is 105 cm³/mol. The highest BCUT2D eigenvalue weighted by Crippen LogP contribution is 2.45. The number of aliphatic hydroxyl groups excluding tert-OH is 1. The standard InChI is InChI=1S/C22H24N2O4/c1-13-8-18(13)24-20(26)14-9-16(21(27)23-2)19-17(10-14)22(11-25,12-28-19)15-6-4-3-5-7-15/h3-7,9-10,13,18,25H,8,11-12H2,1-2H3,(H,23,27)(H,24,26)/t13-,18-,22?/m0/s1. The van der Waals surface area contributed by atoms with Gasteiger partial charge < -0.3 is 20.5 Å². The third-order valence-electron chi connectivity index (χ3n) is 5.82. The topological polar surface area (TPSA) is 87.7 Å². The minimum Gasteiger partial charge on any atom is -0.491 e. The number of rotatable bonds is 5. The number of carbonyl (C=O) groups is 2. The first-order valence-corrected chi connectivity index (χ1v) is 9.51. The van der Waals surface area contributed by atoms with Gasteiger partial charge in [0.25, 0.3) is 11.8 Å². The van der Waals surface area contributed by atoms with Gasteiger partial charge in [-0.1, -0.05) is 37.3 Å². The number of carbonyl (C=O) groups excluding carboxylic acids is 2. The minimum atomic E-state index is -0.817. The highest BCUT2D eigenvalue weighted by molar-refractivity contribution is 6.02. The van der Waals surface area contributed by atoms with Crippen molar-refractivity contribution in [2.45, 2.75) is 24.8 Å². The molecule has 2 amide bonds. The van der Waals surface area contributed by atoms with Gasteiger partial charge in [-0.2, -0.15) is 0 Å². The minimum absolute atomic E-state index is 0.178. The van der Waals surface area contributed by atoms with Crippen molar-refractivity contribution >= 4 is 11.8 Å². The van der Waals surface area contributed by atoms with Crippen LogP contribution < -0.4 is 15.4 Å². The monoisotopic (exact) mass is 380 g/mol. The van der Waals surface area contributed by atoms with Crippen LogP contribution in [0.5, 0.6) is 5.75 Å². The second-order valence-electron chi connectivity index (χ2n) is 7.67. The van der Waals surface area contributed by atoms with Gasteiger partial charge in [0.05, 0.1) is 17.6 Å². The van der Waals surface area contributed by atoms with Crippen LogP contribution in [0, 0.1) is 5.92 Å². The molecule has 0 bridgehead atoms. The van der Waals surface area contributed by atoms with Crippen LogP contribution in [-0.4, -0.2) is 43.2 Å². The lowest BCUT2D eigenvalue weighted by Gasteiger charge is -2.26. The highest BCUT2D eigenvalue weighted by atomic mass is 16.5. The summed E-state index contributed by atoms with van der Waals surface area (Å²) in [6.45, 7) is 2.10. The van der Waals surface area contributed by atoms with Gasteiger partial charge in [-0.15, -0.1) is 0 Å². The second kappa shape index (κ2) is 6.95. The Bertz CT molecular complexity index is 928. The lowest BCUT2D eigenvalue weighted by atomic mass is 9.76. The summed E-state index contributed by atoms with van der Waals surface area (Å²) in [5.41, 5.74) is 1.43. The molecule has 3 N–H and O–H groups in total. The number of fused-ring (bicyclic) bond motifs is 1. The molecular weight excluding hydrogens is 356 g/mol. The first kappa shape index (κ1) is 18.5. The Morgan fingerprint density at radius 2 is 1.93 bits per heavy atom. The van der Waals surface area contributed by atoms with Crippen LogP contribution in [-0.2, 0) is 5.41 Å². The largest absolute Gasteiger partial charge is 0.491 e. The summed E-state index contributed by atoms with van der Waals surface area (Å²) in [5, 5.41) is 16.0. The van der Waals surface area contributed by atoms with Crippen molar-refractivity contribution in [3.8, 4) is 5.75 Å². The van der Waals surface area contributed by atoms with Gasteiger partial charge in [-0.05, 0) is 30.0 Å². The maximum absolute atomic E-state index is 12.8. The molecule has 2 aromatic carbocycles. The van der Waals surface area contributed by atoms with E-state index in [0.717, 1.165) is 12.0 Å². The maximum atomic E-state index is 12.8. The highest BCUT2D eigenvalue weighted by Gasteiger charge is 2.44. The molecule has 146 valence electrons. The van der Waals surface area contributed by atoms with Crippen molar-refractivity contribution in [3.05, 3.63) is 64.7 Å². The molecule has 3 atom stereocenters. The molecule has 1 fully saturated rings. The Hall–Kier alpha value is -2.86. The normalized spacial score (nSPS) is 24.8. The molecule has 1 unspecified atom stereocenters. The van der Waals surface area contributed by atoms with Gasteiger partial charge >= 0.3 is 0 Å². The van der Waals surface area contributed by atoms with E-state index in [-0.39, 0.29) is 31.1 Å². The molecule has 28 heavy (non-hydrogen) atoms. The van der Waals surface area contributed by atoms with E-state index in [4.69, 9.17) is 4.74 Å². The number of ether oxygens (including phenoxy) is 1. The SMILES string of the molecule is CNC(=O)c1cc(C(=O)N[C@H]2C[C@@H]2C)cc2c1OCC2(CO)c1ccccc1. The Balaban J connectivity index is 1.84. The number of amides is 2. The molecule has 2 aliphatic rings. The smallest absolute Gasteiger partial charge is 0.254 e. The number of benzene rings is 2. The predicted octanol–water partition coefficient (Wildman–Crippen LogP) is 1.86. The van der Waals surface area contributed by atoms with Gasteiger partial charge in [0.15, 0.2) is 0 Å². The molecule has 1 aliphatic carbocycles. The van der Waals surface area contributed by atoms with Crippen molar-refractivity contribution in [2.75, 3.05) is 20.3 Å². The van der Waals surface area contributed by atoms with Gasteiger partial charge in [-0.25, -0.2) is 0 Å². The van der Waals surface area contributed by atoms with E-state index < -0.39 is 5.41 Å². The van der Waals surface area contributed by atoms with E-state index in [1.54, 1.807) is 19.2 Å². The molecule has 0 aromatic heterocycles. The summed E-state index contributed by atoms with van der Waals surface area (Å²) < 4.78 is 5.91. The molecular formula is C22H24N2O4. The molecule has 6 nitrogen and oxygen atoms in total. The van der Waals surface area contributed by atoms with Crippen molar-refractivity contribution in [1.82, 2.24) is 10.6 Å². The van der Waals surface area contributed by atoms with E-state index >= 15 is 0 Å². The molecule has 1 saturated carbocycles. The van der Waals surface area contributed by atoms with E-state index in [9.17, 15) is 14.7 Å². The lowest BCUT2D eigenvalue weighted by molar-refractivity contribution is 0.0949. The zero-order valence-corrected chi connectivity index (χ0v) is 16.0. The first-order chi connectivity index (χ1) is 13.5. The number of hydrogen-bond acceptors (Lipinski definition) is 4. The summed E-state index contributed by atoms with van der Waals surface area (Å²) >= 11 is 0. The van der Waals surface area contributed by atoms with E-state index in [1.165, 1.54) is 0 Å². The quantitative estimate of drug-likeness (QED) is 0.739. The molecule has 0 saturated heterocycles. The van der Waals surface area contributed by atoms with E-state index in [0.29, 0.717) is 28.4 Å². The third-order valence-corrected chi connectivity index (χ3v) is 5.82. The fourth-order valence-corrected chi connectivity index (χ4v) is 3.84. The summed E-state index contributed by atoms with van der Waals surface area (Å²) in [4.78, 5) is 25.3. The number of aliphatic hydroxyl groups is 1. The fraction of sp³-hybridized carbons (Fsp3) is 0.364. The van der Waals surface area contributed by atoms with Crippen LogP contribution in [0.15, 0.2) is 42.5 Å². The zero-order chi connectivity index (χ0) is 19.9. The summed E-state index contributed by atoms with van der Waals surface area (Å²) in [5.74, 6) is 0.358. The molecule has 2 aromatic rings. The molecule has 6 heteroatoms. The lowest BCUT2D eigenvalue weighted by Crippen LogP contribution is -2.34. The van der Waals surface area contributed by atoms with Crippen molar-refractivity contribution in [3.63, 3.8) is 0 Å². The summed E-state index contributed by atoms with van der Waals surface area (Å²) in [6.07, 6.45) is 0.965. The summed E-state index contributed by atoms with van der Waals surface area (Å²) in [6, 6.07) is 13.0. The number of hydrogen-bond donors (Lipinski definition) is 3. The van der Waals surface area contributed by atoms with E-state index in [2.05, 4.69) is 17.6 Å². The van der Waals surface area contributed by atoms with Crippen LogP contribution in [0.25, 0.3) is 0 Å². The van der Waals surface area contributed by atoms with Crippen molar-refractivity contribution < 1.29 is 19.4 Å². The Kier molecular flexibility index (Phi) is 4.59. The Morgan fingerprint density at radius 1 is 1.21 bits per heavy atom. The number of nitrogens with one attached hydrogen (secondary N) is 2. The van der Waals surface area contributed by atoms with Gasteiger partial charge in [-0.3, -0.25) is 9.59 Å². The van der Waals surface area contributed by atoms with Crippen LogP contribution in [0.3, 0.4) is 0 Å². The summed E-state index contributed by atoms with van der Waals surface area (Å²) in [7, 11) is 1.54. The first-order valence-electron chi connectivity index (χ1n) is 9.51. The van der Waals surface area contributed by atoms with Crippen molar-refractivity contribution in [1.29, 1.82) is 0 Å². The molecule has 1 heterocycles. The Morgan fingerprint density at radius 3 is 2.54 bits per heavy atom. The third kappa shape index (κ3) is 2.94. The molecule has 4 rings (SSSR count). The Labute approximate surface area is 163 Å². The molecule has 0 spiro atoms. The van der Waals surface area contributed by atoms with Crippen molar-refractivity contribution in [2.24, 2.45) is 5.92 Å². The van der Waals surface area contributed by atoms with Crippen LogP contribution in [0.4, 0.5) is 0 Å². The average molecular weight is 380 g/mol. The second-order valence-corrected chi connectivity index (χ2v) is 7.67. The fourth-order valence-electron chi connectivity index (χ4n) is 3.84. The average Bonchev–Trinajstić information content (AvgIpc) is 3.28. The van der Waals surface area contributed by atoms with Crippen LogP contribution in [0.1, 0.15) is 45.2 Å². The van der Waals surface area contributed by atoms with Gasteiger partial charge in [0.1, 0.15) is 12.4 Å². The van der Waals surface area contributed by atoms with Gasteiger partial charge in [0.2, 0.25) is 0 Å². The molecule has 0 radical (unpaired) electrons. The maximum Gasteiger partial charge on any atom is 0.254 e. The van der Waals surface area contributed by atoms with E-state index in [1.807, 2.05) is 30.3 Å². The van der Waals surface area contributed by atoms with Gasteiger partial charge in [0, 0.05) is 24.2 Å². The zero-order valence-electron chi connectivity index (χ0n) is 16.0.